The molecule has 1 amide bonds. The van der Waals surface area contributed by atoms with Crippen LogP contribution < -0.4 is 10.6 Å². The summed E-state index contributed by atoms with van der Waals surface area (Å²) in [5.41, 5.74) is 9.20. The predicted molar refractivity (Wildman–Crippen MR) is 70.3 cm³/mol. The molecule has 0 atom stereocenters. The Morgan fingerprint density at radius 2 is 2.18 bits per heavy atom. The number of hydrogen-bond donors (Lipinski definition) is 2. The number of anilines is 1. The van der Waals surface area contributed by atoms with Gasteiger partial charge in [0.15, 0.2) is 0 Å². The minimum Gasteiger partial charge on any atom is -0.359 e. The fourth-order valence-electron chi connectivity index (χ4n) is 2.39. The van der Waals surface area contributed by atoms with Crippen LogP contribution in [-0.4, -0.2) is 25.0 Å². The van der Waals surface area contributed by atoms with E-state index < -0.39 is 0 Å². The Hall–Kier alpha value is -1.81. The highest BCUT2D eigenvalue weighted by molar-refractivity contribution is 5.93. The van der Waals surface area contributed by atoms with Crippen LogP contribution in [0.1, 0.15) is 11.3 Å². The van der Waals surface area contributed by atoms with Gasteiger partial charge in [0.05, 0.1) is 0 Å². The second kappa shape index (κ2) is 4.59. The monoisotopic (exact) mass is 231 g/mol. The Balaban J connectivity index is 0.000000514. The Labute approximate surface area is 100 Å². The van der Waals surface area contributed by atoms with E-state index >= 15 is 0 Å². The number of nitrogens with two attached hydrogens (primary N) is 1. The lowest BCUT2D eigenvalue weighted by Crippen LogP contribution is -2.17. The van der Waals surface area contributed by atoms with Gasteiger partial charge in [-0.3, -0.25) is 4.79 Å². The summed E-state index contributed by atoms with van der Waals surface area (Å²) < 4.78 is 0. The van der Waals surface area contributed by atoms with Crippen LogP contribution in [0.2, 0.25) is 0 Å². The number of fused-ring (bicyclic) bond motifs is 3. The van der Waals surface area contributed by atoms with Gasteiger partial charge in [0.25, 0.3) is 0 Å². The summed E-state index contributed by atoms with van der Waals surface area (Å²) in [6.45, 7) is 2.86. The molecule has 0 fully saturated rings. The van der Waals surface area contributed by atoms with Crippen molar-refractivity contribution in [2.24, 2.45) is 5.73 Å². The maximum atomic E-state index is 10.8. The molecular weight excluding hydrogens is 214 g/mol. The number of rotatable bonds is 1. The SMILES string of the molecule is CN.Cc1cc2c3c(ccc2[nH]1)N(C=O)CC3. The molecule has 0 unspecified atom stereocenters. The van der Waals surface area contributed by atoms with E-state index in [-0.39, 0.29) is 0 Å². The fraction of sp³-hybridized carbons (Fsp3) is 0.308. The molecule has 1 aromatic carbocycles. The van der Waals surface area contributed by atoms with Gasteiger partial charge in [-0.25, -0.2) is 0 Å². The van der Waals surface area contributed by atoms with Gasteiger partial charge in [0.1, 0.15) is 0 Å². The summed E-state index contributed by atoms with van der Waals surface area (Å²) in [5.74, 6) is 0. The van der Waals surface area contributed by atoms with E-state index in [0.717, 1.165) is 25.1 Å². The highest BCUT2D eigenvalue weighted by Gasteiger charge is 2.20. The molecule has 1 aliphatic heterocycles. The van der Waals surface area contributed by atoms with Gasteiger partial charge in [-0.05, 0) is 44.2 Å². The Bertz CT molecular complexity index is 545. The molecule has 0 saturated carbocycles. The predicted octanol–water partition coefficient (Wildman–Crippen LogP) is 1.57. The zero-order valence-electron chi connectivity index (χ0n) is 10.2. The molecule has 0 saturated heterocycles. The number of nitrogens with one attached hydrogen (secondary N) is 1. The highest BCUT2D eigenvalue weighted by Crippen LogP contribution is 2.33. The molecule has 4 nitrogen and oxygen atoms in total. The van der Waals surface area contributed by atoms with Gasteiger partial charge in [0.2, 0.25) is 6.41 Å². The first-order chi connectivity index (χ1) is 8.29. The summed E-state index contributed by atoms with van der Waals surface area (Å²) in [6, 6.07) is 6.22. The second-order valence-electron chi connectivity index (χ2n) is 4.03. The molecule has 0 aliphatic carbocycles. The van der Waals surface area contributed by atoms with Crippen molar-refractivity contribution in [2.75, 3.05) is 18.5 Å². The third-order valence-corrected chi connectivity index (χ3v) is 3.06. The lowest BCUT2D eigenvalue weighted by molar-refractivity contribution is -0.107. The van der Waals surface area contributed by atoms with Gasteiger partial charge >= 0.3 is 0 Å². The van der Waals surface area contributed by atoms with E-state index in [1.54, 1.807) is 4.90 Å². The first kappa shape index (κ1) is 11.7. The number of carbonyl (C=O) groups is 1. The van der Waals surface area contributed by atoms with Gasteiger partial charge in [-0.1, -0.05) is 0 Å². The highest BCUT2D eigenvalue weighted by atomic mass is 16.1. The zero-order chi connectivity index (χ0) is 12.4. The van der Waals surface area contributed by atoms with Crippen LogP contribution in [0.4, 0.5) is 5.69 Å². The average molecular weight is 231 g/mol. The van der Waals surface area contributed by atoms with Gasteiger partial charge < -0.3 is 15.6 Å². The van der Waals surface area contributed by atoms with E-state index in [1.807, 2.05) is 12.1 Å². The molecule has 0 radical (unpaired) electrons. The topological polar surface area (TPSA) is 62.1 Å². The first-order valence-electron chi connectivity index (χ1n) is 5.70. The van der Waals surface area contributed by atoms with Crippen molar-refractivity contribution in [3.05, 3.63) is 29.5 Å². The molecule has 17 heavy (non-hydrogen) atoms. The number of aryl methyl sites for hydroxylation is 1. The summed E-state index contributed by atoms with van der Waals surface area (Å²) >= 11 is 0. The van der Waals surface area contributed by atoms with Crippen molar-refractivity contribution in [2.45, 2.75) is 13.3 Å². The Morgan fingerprint density at radius 1 is 1.41 bits per heavy atom. The van der Waals surface area contributed by atoms with E-state index in [4.69, 9.17) is 0 Å². The van der Waals surface area contributed by atoms with E-state index in [9.17, 15) is 4.79 Å². The minimum atomic E-state index is 0.808. The number of carbonyl (C=O) groups excluding carboxylic acids is 1. The molecule has 1 aliphatic rings. The number of amides is 1. The Kier molecular flexibility index (Phi) is 3.15. The normalized spacial score (nSPS) is 13.2. The number of aromatic nitrogens is 1. The van der Waals surface area contributed by atoms with Crippen LogP contribution in [0.25, 0.3) is 10.9 Å². The second-order valence-corrected chi connectivity index (χ2v) is 4.03. The summed E-state index contributed by atoms with van der Waals surface area (Å²) in [7, 11) is 1.50. The first-order valence-corrected chi connectivity index (χ1v) is 5.70. The third kappa shape index (κ3) is 1.80. The molecule has 3 N–H and O–H groups in total. The molecule has 4 heteroatoms. The summed E-state index contributed by atoms with van der Waals surface area (Å²) in [5, 5.41) is 1.26. The maximum absolute atomic E-state index is 10.8. The van der Waals surface area contributed by atoms with Gasteiger partial charge in [0, 0.05) is 28.8 Å². The largest absolute Gasteiger partial charge is 0.359 e. The van der Waals surface area contributed by atoms with Gasteiger partial charge in [-0.2, -0.15) is 0 Å². The molecule has 1 aromatic heterocycles. The average Bonchev–Trinajstić information content (AvgIpc) is 2.92. The minimum absolute atomic E-state index is 0.808. The van der Waals surface area contributed by atoms with Crippen LogP contribution in [0.15, 0.2) is 18.2 Å². The van der Waals surface area contributed by atoms with Crippen LogP contribution in [0.3, 0.4) is 0 Å². The molecule has 2 heterocycles. The van der Waals surface area contributed by atoms with Crippen LogP contribution in [-0.2, 0) is 11.2 Å². The van der Waals surface area contributed by atoms with Crippen molar-refractivity contribution in [3.8, 4) is 0 Å². The van der Waals surface area contributed by atoms with Crippen molar-refractivity contribution in [3.63, 3.8) is 0 Å². The molecular formula is C13H17N3O. The smallest absolute Gasteiger partial charge is 0.214 e. The fourth-order valence-corrected chi connectivity index (χ4v) is 2.39. The Morgan fingerprint density at radius 3 is 2.88 bits per heavy atom. The van der Waals surface area contributed by atoms with Crippen LogP contribution in [0, 0.1) is 6.92 Å². The summed E-state index contributed by atoms with van der Waals surface area (Å²) in [4.78, 5) is 15.9. The van der Waals surface area contributed by atoms with Crippen molar-refractivity contribution in [1.82, 2.24) is 4.98 Å². The maximum Gasteiger partial charge on any atom is 0.214 e. The number of nitrogens with zero attached hydrogens (tertiary/aromatic N) is 1. The van der Waals surface area contributed by atoms with Crippen LogP contribution >= 0.6 is 0 Å². The van der Waals surface area contributed by atoms with Crippen molar-refractivity contribution in [1.29, 1.82) is 0 Å². The number of benzene rings is 1. The zero-order valence-corrected chi connectivity index (χ0v) is 10.2. The van der Waals surface area contributed by atoms with Crippen LogP contribution in [0.5, 0.6) is 0 Å². The van der Waals surface area contributed by atoms with E-state index in [1.165, 1.54) is 29.2 Å². The van der Waals surface area contributed by atoms with Gasteiger partial charge in [-0.15, -0.1) is 0 Å². The molecule has 0 bridgehead atoms. The van der Waals surface area contributed by atoms with E-state index in [0.29, 0.717) is 0 Å². The van der Waals surface area contributed by atoms with Crippen molar-refractivity contribution >= 4 is 23.0 Å². The summed E-state index contributed by atoms with van der Waals surface area (Å²) in [6.07, 6.45) is 1.87. The van der Waals surface area contributed by atoms with E-state index in [2.05, 4.69) is 23.7 Å². The molecule has 0 spiro atoms. The quantitative estimate of drug-likeness (QED) is 0.732. The molecule has 2 aromatic rings. The molecule has 90 valence electrons. The standard InChI is InChI=1S/C12H12N2O.CH5N/c1-8-6-10-9-4-5-14(7-15)12(9)3-2-11(10)13-8;1-2/h2-3,6-7,13H,4-5H2,1H3;2H2,1H3. The number of aromatic amines is 1. The lowest BCUT2D eigenvalue weighted by Gasteiger charge is -2.09. The third-order valence-electron chi connectivity index (χ3n) is 3.06. The molecule has 3 rings (SSSR count). The lowest BCUT2D eigenvalue weighted by atomic mass is 10.1. The number of H-pyrrole nitrogens is 1. The van der Waals surface area contributed by atoms with Crippen molar-refractivity contribution < 1.29 is 4.79 Å². The number of hydrogen-bond acceptors (Lipinski definition) is 2.